The maximum atomic E-state index is 13.3. The summed E-state index contributed by atoms with van der Waals surface area (Å²) in [5.41, 5.74) is 5.47. The Kier molecular flexibility index (Phi) is 5.58. The number of hydrogen-bond acceptors (Lipinski definition) is 3. The lowest BCUT2D eigenvalue weighted by atomic mass is 9.76. The summed E-state index contributed by atoms with van der Waals surface area (Å²) in [6, 6.07) is 25.1. The summed E-state index contributed by atoms with van der Waals surface area (Å²) >= 11 is 0. The Balaban J connectivity index is 1.26. The lowest BCUT2D eigenvalue weighted by Gasteiger charge is -2.38. The number of likely N-dealkylation sites (tertiary alicyclic amines) is 1. The van der Waals surface area contributed by atoms with E-state index >= 15 is 0 Å². The maximum absolute atomic E-state index is 13.3. The number of amides is 1. The van der Waals surface area contributed by atoms with Gasteiger partial charge in [-0.25, -0.2) is 0 Å². The van der Waals surface area contributed by atoms with E-state index < -0.39 is 0 Å². The minimum Gasteiger partial charge on any atom is -0.489 e. The largest absolute Gasteiger partial charge is 0.489 e. The molecule has 4 heteroatoms. The van der Waals surface area contributed by atoms with Crippen molar-refractivity contribution < 1.29 is 9.53 Å². The maximum Gasteiger partial charge on any atom is 0.255 e. The van der Waals surface area contributed by atoms with Gasteiger partial charge in [0, 0.05) is 19.0 Å². The van der Waals surface area contributed by atoms with E-state index in [-0.39, 0.29) is 11.9 Å². The van der Waals surface area contributed by atoms with Crippen molar-refractivity contribution in [2.24, 2.45) is 5.92 Å². The molecule has 34 heavy (non-hydrogen) atoms. The molecule has 2 aliphatic heterocycles. The van der Waals surface area contributed by atoms with Crippen LogP contribution in [0.2, 0.25) is 0 Å². The minimum absolute atomic E-state index is 0.156. The number of carbonyl (C=O) groups is 1. The molecular weight excluding hydrogens is 420 g/mol. The van der Waals surface area contributed by atoms with E-state index in [1.54, 1.807) is 0 Å². The number of nitrogens with zero attached hydrogens (tertiary/aromatic N) is 1. The SMILES string of the molecule is O=C(c1cccc2c1NC(c1ccc(OCc3ccccc3)cc1)C1CC=CC21)N1CCCC1. The van der Waals surface area contributed by atoms with E-state index in [0.29, 0.717) is 18.4 Å². The number of ether oxygens (including phenoxy) is 1. The molecule has 1 N–H and O–H groups in total. The minimum atomic E-state index is 0.156. The molecule has 4 nitrogen and oxygen atoms in total. The molecule has 1 fully saturated rings. The van der Waals surface area contributed by atoms with Gasteiger partial charge in [-0.1, -0.05) is 66.7 Å². The lowest BCUT2D eigenvalue weighted by molar-refractivity contribution is 0.0793. The third-order valence-corrected chi connectivity index (χ3v) is 7.51. The number of fused-ring (bicyclic) bond motifs is 3. The van der Waals surface area contributed by atoms with Gasteiger partial charge in [0.2, 0.25) is 0 Å². The predicted molar refractivity (Wildman–Crippen MR) is 135 cm³/mol. The smallest absolute Gasteiger partial charge is 0.255 e. The Morgan fingerprint density at radius 2 is 1.74 bits per heavy atom. The van der Waals surface area contributed by atoms with Crippen molar-refractivity contribution in [3.8, 4) is 5.75 Å². The van der Waals surface area contributed by atoms with Crippen LogP contribution in [-0.2, 0) is 6.61 Å². The highest BCUT2D eigenvalue weighted by molar-refractivity contribution is 6.01. The summed E-state index contributed by atoms with van der Waals surface area (Å²) in [6.07, 6.45) is 7.87. The first kappa shape index (κ1) is 21.0. The Morgan fingerprint density at radius 1 is 0.941 bits per heavy atom. The normalized spacial score (nSPS) is 22.7. The van der Waals surface area contributed by atoms with Crippen molar-refractivity contribution in [2.75, 3.05) is 18.4 Å². The van der Waals surface area contributed by atoms with Gasteiger partial charge in [0.1, 0.15) is 12.4 Å². The Morgan fingerprint density at radius 3 is 2.53 bits per heavy atom. The van der Waals surface area contributed by atoms with E-state index in [1.165, 1.54) is 11.1 Å². The molecule has 0 aromatic heterocycles. The van der Waals surface area contributed by atoms with Gasteiger partial charge in [0.05, 0.1) is 17.3 Å². The van der Waals surface area contributed by atoms with Crippen molar-refractivity contribution in [3.63, 3.8) is 0 Å². The van der Waals surface area contributed by atoms with Gasteiger partial charge < -0.3 is 15.0 Å². The third kappa shape index (κ3) is 3.87. The van der Waals surface area contributed by atoms with Crippen molar-refractivity contribution in [2.45, 2.75) is 37.8 Å². The molecule has 0 radical (unpaired) electrons. The Hall–Kier alpha value is -3.53. The van der Waals surface area contributed by atoms with Crippen molar-refractivity contribution in [3.05, 3.63) is 107 Å². The average molecular weight is 451 g/mol. The average Bonchev–Trinajstić information content (AvgIpc) is 3.60. The van der Waals surface area contributed by atoms with Gasteiger partial charge in [-0.15, -0.1) is 0 Å². The molecule has 0 bridgehead atoms. The van der Waals surface area contributed by atoms with Crippen LogP contribution in [0.15, 0.2) is 84.9 Å². The second kappa shape index (κ2) is 9.02. The molecule has 3 aliphatic rings. The zero-order valence-corrected chi connectivity index (χ0v) is 19.3. The summed E-state index contributed by atoms with van der Waals surface area (Å²) < 4.78 is 6.00. The van der Waals surface area contributed by atoms with E-state index in [0.717, 1.165) is 54.9 Å². The highest BCUT2D eigenvalue weighted by Gasteiger charge is 2.39. The van der Waals surface area contributed by atoms with E-state index in [9.17, 15) is 4.79 Å². The van der Waals surface area contributed by atoms with Crippen molar-refractivity contribution in [1.82, 2.24) is 4.90 Å². The number of hydrogen-bond donors (Lipinski definition) is 1. The molecule has 3 unspecified atom stereocenters. The number of rotatable bonds is 5. The summed E-state index contributed by atoms with van der Waals surface area (Å²) in [6.45, 7) is 2.29. The summed E-state index contributed by atoms with van der Waals surface area (Å²) in [4.78, 5) is 15.3. The number of nitrogens with one attached hydrogen (secondary N) is 1. The zero-order valence-electron chi connectivity index (χ0n) is 19.3. The monoisotopic (exact) mass is 450 g/mol. The van der Waals surface area contributed by atoms with Crippen LogP contribution in [0.5, 0.6) is 5.75 Å². The van der Waals surface area contributed by atoms with Gasteiger partial charge in [0.15, 0.2) is 0 Å². The van der Waals surface area contributed by atoms with Gasteiger partial charge in [-0.05, 0) is 60.1 Å². The fourth-order valence-electron chi connectivity index (χ4n) is 5.73. The quantitative estimate of drug-likeness (QED) is 0.462. The molecule has 3 aromatic carbocycles. The van der Waals surface area contributed by atoms with Crippen LogP contribution in [0.3, 0.4) is 0 Å². The van der Waals surface area contributed by atoms with Crippen LogP contribution < -0.4 is 10.1 Å². The first-order valence-corrected chi connectivity index (χ1v) is 12.4. The van der Waals surface area contributed by atoms with E-state index in [2.05, 4.69) is 59.9 Å². The molecule has 6 rings (SSSR count). The Labute approximate surface area is 201 Å². The molecule has 0 spiro atoms. The summed E-state index contributed by atoms with van der Waals surface area (Å²) in [7, 11) is 0. The van der Waals surface area contributed by atoms with Crippen LogP contribution in [0.1, 0.15) is 58.3 Å². The number of allylic oxidation sites excluding steroid dienone is 2. The van der Waals surface area contributed by atoms with Crippen LogP contribution in [0.4, 0.5) is 5.69 Å². The first-order valence-electron chi connectivity index (χ1n) is 12.4. The summed E-state index contributed by atoms with van der Waals surface area (Å²) in [5.74, 6) is 1.81. The highest BCUT2D eigenvalue weighted by Crippen LogP contribution is 2.50. The predicted octanol–water partition coefficient (Wildman–Crippen LogP) is 6.33. The topological polar surface area (TPSA) is 41.6 Å². The van der Waals surface area contributed by atoms with Gasteiger partial charge in [-0.3, -0.25) is 4.79 Å². The molecule has 1 amide bonds. The second-order valence-electron chi connectivity index (χ2n) is 9.59. The summed E-state index contributed by atoms with van der Waals surface area (Å²) in [5, 5.41) is 3.81. The Bertz CT molecular complexity index is 1200. The lowest BCUT2D eigenvalue weighted by Crippen LogP contribution is -2.33. The van der Waals surface area contributed by atoms with E-state index in [4.69, 9.17) is 4.74 Å². The van der Waals surface area contributed by atoms with Crippen LogP contribution >= 0.6 is 0 Å². The molecule has 1 saturated heterocycles. The van der Waals surface area contributed by atoms with Crippen molar-refractivity contribution >= 4 is 11.6 Å². The van der Waals surface area contributed by atoms with Crippen LogP contribution in [0, 0.1) is 5.92 Å². The fraction of sp³-hybridized carbons (Fsp3) is 0.300. The molecule has 3 aromatic rings. The number of anilines is 1. The van der Waals surface area contributed by atoms with Gasteiger partial charge >= 0.3 is 0 Å². The molecule has 1 aliphatic carbocycles. The second-order valence-corrected chi connectivity index (χ2v) is 9.59. The zero-order chi connectivity index (χ0) is 22.9. The fourth-order valence-corrected chi connectivity index (χ4v) is 5.73. The van der Waals surface area contributed by atoms with Gasteiger partial charge in [-0.2, -0.15) is 0 Å². The molecule has 0 saturated carbocycles. The third-order valence-electron chi connectivity index (χ3n) is 7.51. The molecule has 3 atom stereocenters. The first-order chi connectivity index (χ1) is 16.8. The number of para-hydroxylation sites is 1. The van der Waals surface area contributed by atoms with E-state index in [1.807, 2.05) is 35.2 Å². The van der Waals surface area contributed by atoms with Crippen LogP contribution in [0.25, 0.3) is 0 Å². The van der Waals surface area contributed by atoms with Crippen molar-refractivity contribution in [1.29, 1.82) is 0 Å². The molecular formula is C30H30N2O2. The number of carbonyl (C=O) groups excluding carboxylic acids is 1. The molecule has 172 valence electrons. The highest BCUT2D eigenvalue weighted by atomic mass is 16.5. The van der Waals surface area contributed by atoms with Gasteiger partial charge in [0.25, 0.3) is 5.91 Å². The molecule has 2 heterocycles. The standard InChI is InChI=1S/C30H30N2O2/c33-30(32-18-4-5-19-32)27-13-7-12-26-24-10-6-11-25(24)28(31-29(26)27)22-14-16-23(17-15-22)34-20-21-8-2-1-3-9-21/h1-3,6-10,12-17,24-25,28,31H,4-5,11,18-20H2. The van der Waals surface area contributed by atoms with Crippen LogP contribution in [-0.4, -0.2) is 23.9 Å². The number of benzene rings is 3.